The first kappa shape index (κ1) is 17.3. The normalized spacial score (nSPS) is 10.9. The minimum atomic E-state index is -0.370. The van der Waals surface area contributed by atoms with E-state index in [1.807, 2.05) is 30.5 Å². The minimum Gasteiger partial charge on any atom is -0.465 e. The van der Waals surface area contributed by atoms with E-state index in [4.69, 9.17) is 4.74 Å². The molecule has 2 heterocycles. The van der Waals surface area contributed by atoms with Crippen LogP contribution in [0.3, 0.4) is 0 Å². The number of carbonyl (C=O) groups is 1. The van der Waals surface area contributed by atoms with Crippen LogP contribution < -0.4 is 0 Å². The van der Waals surface area contributed by atoms with Crippen LogP contribution in [-0.2, 0) is 4.74 Å². The van der Waals surface area contributed by atoms with Gasteiger partial charge in [0.05, 0.1) is 29.4 Å². The first-order valence-electron chi connectivity index (χ1n) is 8.42. The molecule has 0 radical (unpaired) electrons. The molecule has 1 N–H and O–H groups in total. The first-order valence-corrected chi connectivity index (χ1v) is 9.24. The van der Waals surface area contributed by atoms with Gasteiger partial charge >= 0.3 is 5.97 Å². The van der Waals surface area contributed by atoms with Crippen molar-refractivity contribution in [1.82, 2.24) is 15.0 Å². The zero-order valence-electron chi connectivity index (χ0n) is 14.9. The van der Waals surface area contributed by atoms with Crippen molar-refractivity contribution in [3.8, 4) is 11.3 Å². The van der Waals surface area contributed by atoms with Gasteiger partial charge in [-0.15, -0.1) is 0 Å². The number of imidazole rings is 1. The number of fused-ring (bicyclic) bond motifs is 1. The number of benzene rings is 2. The molecule has 0 saturated carbocycles. The number of methoxy groups -OCH3 is 1. The van der Waals surface area contributed by atoms with Crippen LogP contribution in [0.1, 0.15) is 15.9 Å². The highest BCUT2D eigenvalue weighted by Crippen LogP contribution is 2.35. The van der Waals surface area contributed by atoms with Crippen LogP contribution in [0, 0.1) is 6.92 Å². The summed E-state index contributed by atoms with van der Waals surface area (Å²) in [7, 11) is 1.37. The van der Waals surface area contributed by atoms with E-state index >= 15 is 0 Å². The van der Waals surface area contributed by atoms with Crippen LogP contribution in [0.2, 0.25) is 0 Å². The van der Waals surface area contributed by atoms with Crippen LogP contribution in [-0.4, -0.2) is 28.0 Å². The van der Waals surface area contributed by atoms with Crippen LogP contribution in [0.5, 0.6) is 0 Å². The van der Waals surface area contributed by atoms with Crippen molar-refractivity contribution in [3.63, 3.8) is 0 Å². The second-order valence-corrected chi connectivity index (χ2v) is 7.11. The number of aromatic amines is 1. The van der Waals surface area contributed by atoms with Crippen molar-refractivity contribution in [2.45, 2.75) is 17.0 Å². The number of aryl methyl sites for hydroxylation is 1. The number of rotatable bonds is 4. The lowest BCUT2D eigenvalue weighted by molar-refractivity contribution is 0.0601. The van der Waals surface area contributed by atoms with E-state index in [0.29, 0.717) is 5.56 Å². The number of hydrogen-bond donors (Lipinski definition) is 1. The molecule has 0 aliphatic rings. The predicted octanol–water partition coefficient (Wildman–Crippen LogP) is 4.87. The van der Waals surface area contributed by atoms with Crippen LogP contribution in [0.15, 0.2) is 70.8 Å². The number of aromatic nitrogens is 3. The highest BCUT2D eigenvalue weighted by molar-refractivity contribution is 7.99. The van der Waals surface area contributed by atoms with Crippen molar-refractivity contribution in [2.24, 2.45) is 0 Å². The summed E-state index contributed by atoms with van der Waals surface area (Å²) in [6, 6.07) is 17.5. The molecule has 0 spiro atoms. The summed E-state index contributed by atoms with van der Waals surface area (Å²) in [5.74, 6) is -0.370. The van der Waals surface area contributed by atoms with Gasteiger partial charge in [0.15, 0.2) is 5.16 Å². The van der Waals surface area contributed by atoms with Gasteiger partial charge in [0.25, 0.3) is 0 Å². The summed E-state index contributed by atoms with van der Waals surface area (Å²) >= 11 is 1.54. The summed E-state index contributed by atoms with van der Waals surface area (Å²) in [5.41, 5.74) is 5.24. The third kappa shape index (κ3) is 3.57. The Morgan fingerprint density at radius 3 is 2.78 bits per heavy atom. The number of carbonyl (C=O) groups excluding carboxylic acids is 1. The van der Waals surface area contributed by atoms with Crippen LogP contribution in [0.4, 0.5) is 0 Å². The molecule has 27 heavy (non-hydrogen) atoms. The molecule has 4 rings (SSSR count). The standard InChI is InChI=1S/C21H17N3O2S/c1-13-9-10-22-17(11-13)15-5-3-4-6-19(15)27-21-23-16-8-7-14(20(25)26-2)12-18(16)24-21/h3-12H,1-2H3,(H,23,24). The van der Waals surface area contributed by atoms with Gasteiger partial charge in [-0.2, -0.15) is 0 Å². The molecule has 6 heteroatoms. The molecule has 2 aromatic carbocycles. The first-order chi connectivity index (χ1) is 13.1. The fourth-order valence-corrected chi connectivity index (χ4v) is 3.77. The zero-order chi connectivity index (χ0) is 18.8. The molecule has 0 fully saturated rings. The predicted molar refractivity (Wildman–Crippen MR) is 106 cm³/mol. The van der Waals surface area contributed by atoms with E-state index in [1.54, 1.807) is 12.1 Å². The molecule has 0 atom stereocenters. The van der Waals surface area contributed by atoms with Crippen molar-refractivity contribution in [1.29, 1.82) is 0 Å². The van der Waals surface area contributed by atoms with E-state index in [1.165, 1.54) is 24.4 Å². The Kier molecular flexibility index (Phi) is 4.64. The molecule has 134 valence electrons. The molecule has 0 aliphatic heterocycles. The van der Waals surface area contributed by atoms with Gasteiger partial charge < -0.3 is 9.72 Å². The summed E-state index contributed by atoms with van der Waals surface area (Å²) in [6.45, 7) is 2.05. The molecular formula is C21H17N3O2S. The van der Waals surface area contributed by atoms with E-state index in [-0.39, 0.29) is 5.97 Å². The van der Waals surface area contributed by atoms with Gasteiger partial charge in [-0.05, 0) is 48.9 Å². The van der Waals surface area contributed by atoms with E-state index < -0.39 is 0 Å². The maximum Gasteiger partial charge on any atom is 0.337 e. The Balaban J connectivity index is 1.69. The highest BCUT2D eigenvalue weighted by atomic mass is 32.2. The average molecular weight is 375 g/mol. The van der Waals surface area contributed by atoms with Gasteiger partial charge in [-0.25, -0.2) is 9.78 Å². The zero-order valence-corrected chi connectivity index (χ0v) is 15.7. The smallest absolute Gasteiger partial charge is 0.337 e. The summed E-state index contributed by atoms with van der Waals surface area (Å²) in [5, 5.41) is 0.757. The molecule has 0 aliphatic carbocycles. The van der Waals surface area contributed by atoms with Crippen molar-refractivity contribution in [2.75, 3.05) is 7.11 Å². The van der Waals surface area contributed by atoms with Gasteiger partial charge in [-0.3, -0.25) is 4.98 Å². The Hall–Kier alpha value is -3.12. The van der Waals surface area contributed by atoms with Crippen molar-refractivity contribution < 1.29 is 9.53 Å². The largest absolute Gasteiger partial charge is 0.465 e. The summed E-state index contributed by atoms with van der Waals surface area (Å²) in [6.07, 6.45) is 1.82. The Labute approximate surface area is 160 Å². The number of pyridine rings is 1. The van der Waals surface area contributed by atoms with Gasteiger partial charge in [0.1, 0.15) is 0 Å². The monoisotopic (exact) mass is 375 g/mol. The number of nitrogens with zero attached hydrogens (tertiary/aromatic N) is 2. The lowest BCUT2D eigenvalue weighted by atomic mass is 10.1. The molecule has 0 bridgehead atoms. The number of esters is 1. The second-order valence-electron chi connectivity index (χ2n) is 6.08. The molecule has 5 nitrogen and oxygen atoms in total. The lowest BCUT2D eigenvalue weighted by Crippen LogP contribution is -2.00. The Morgan fingerprint density at radius 2 is 1.96 bits per heavy atom. The molecule has 0 unspecified atom stereocenters. The second kappa shape index (κ2) is 7.25. The van der Waals surface area contributed by atoms with Gasteiger partial charge in [0, 0.05) is 16.7 Å². The van der Waals surface area contributed by atoms with E-state index in [9.17, 15) is 4.79 Å². The average Bonchev–Trinajstić information content (AvgIpc) is 3.09. The quantitative estimate of drug-likeness (QED) is 0.515. The van der Waals surface area contributed by atoms with Crippen LogP contribution in [0.25, 0.3) is 22.3 Å². The lowest BCUT2D eigenvalue weighted by Gasteiger charge is -2.07. The third-order valence-electron chi connectivity index (χ3n) is 4.17. The minimum absolute atomic E-state index is 0.370. The third-order valence-corrected chi connectivity index (χ3v) is 5.13. The van der Waals surface area contributed by atoms with E-state index in [0.717, 1.165) is 32.3 Å². The topological polar surface area (TPSA) is 67.9 Å². The Morgan fingerprint density at radius 1 is 1.11 bits per heavy atom. The maximum absolute atomic E-state index is 11.7. The number of nitrogens with one attached hydrogen (secondary N) is 1. The number of H-pyrrole nitrogens is 1. The van der Waals surface area contributed by atoms with Gasteiger partial charge in [-0.1, -0.05) is 30.0 Å². The molecular weight excluding hydrogens is 358 g/mol. The summed E-state index contributed by atoms with van der Waals surface area (Å²) in [4.78, 5) is 25.2. The SMILES string of the molecule is COC(=O)c1ccc2[nH]c(Sc3ccccc3-c3cc(C)ccn3)nc2c1. The fourth-order valence-electron chi connectivity index (χ4n) is 2.83. The fraction of sp³-hybridized carbons (Fsp3) is 0.0952. The molecule has 0 amide bonds. The number of hydrogen-bond acceptors (Lipinski definition) is 5. The van der Waals surface area contributed by atoms with Gasteiger partial charge in [0.2, 0.25) is 0 Å². The molecule has 2 aromatic heterocycles. The Bertz CT molecular complexity index is 1140. The molecule has 4 aromatic rings. The highest BCUT2D eigenvalue weighted by Gasteiger charge is 2.12. The van der Waals surface area contributed by atoms with Crippen LogP contribution >= 0.6 is 11.8 Å². The number of ether oxygens (including phenoxy) is 1. The van der Waals surface area contributed by atoms with Crippen molar-refractivity contribution in [3.05, 3.63) is 71.9 Å². The summed E-state index contributed by atoms with van der Waals surface area (Å²) < 4.78 is 4.77. The molecule has 0 saturated heterocycles. The maximum atomic E-state index is 11.7. The van der Waals surface area contributed by atoms with E-state index in [2.05, 4.69) is 40.1 Å². The van der Waals surface area contributed by atoms with Crippen molar-refractivity contribution >= 4 is 28.8 Å².